The van der Waals surface area contributed by atoms with Gasteiger partial charge in [-0.25, -0.2) is 0 Å². The fourth-order valence-electron chi connectivity index (χ4n) is 2.82. The van der Waals surface area contributed by atoms with E-state index < -0.39 is 31.1 Å². The molecule has 0 spiro atoms. The Hall–Kier alpha value is -1.94. The van der Waals surface area contributed by atoms with Crippen LogP contribution in [0.25, 0.3) is 11.0 Å². The van der Waals surface area contributed by atoms with E-state index in [1.54, 1.807) is 6.20 Å². The van der Waals surface area contributed by atoms with Crippen molar-refractivity contribution in [3.63, 3.8) is 0 Å². The van der Waals surface area contributed by atoms with Gasteiger partial charge in [-0.15, -0.1) is 0 Å². The lowest BCUT2D eigenvalue weighted by Crippen LogP contribution is -2.33. The molecule has 6 N–H and O–H groups in total. The highest BCUT2D eigenvalue weighted by Gasteiger charge is 2.44. The summed E-state index contributed by atoms with van der Waals surface area (Å²) in [5.41, 5.74) is 6.21. The molecular weight excluding hydrogens is 292 g/mol. The molecule has 2 unspecified atom stereocenters. The second kappa shape index (κ2) is 5.36. The standard InChI is InChI=1S/C13H18N4O5/c1-2-5-3-17(10-7(5)11(21)16-13(14)15-10)12-9(20)8(19)6(4-18)22-12/h3,6,8-9,12,18-20H,2,4H2,1H3,(H3,14,15,16,21)/t6-,8?,9?,12-/m1/s1. The van der Waals surface area contributed by atoms with Crippen molar-refractivity contribution < 1.29 is 20.1 Å². The Bertz CT molecular complexity index is 755. The fourth-order valence-corrected chi connectivity index (χ4v) is 2.82. The van der Waals surface area contributed by atoms with Crippen LogP contribution in [-0.4, -0.2) is 54.8 Å². The van der Waals surface area contributed by atoms with Gasteiger partial charge in [0.25, 0.3) is 5.56 Å². The molecule has 22 heavy (non-hydrogen) atoms. The highest BCUT2D eigenvalue weighted by atomic mass is 16.6. The minimum atomic E-state index is -1.25. The number of aromatic nitrogens is 3. The van der Waals surface area contributed by atoms with Gasteiger partial charge in [0, 0.05) is 6.20 Å². The van der Waals surface area contributed by atoms with Gasteiger partial charge in [0.05, 0.1) is 12.0 Å². The number of fused-ring (bicyclic) bond motifs is 1. The fraction of sp³-hybridized carbons (Fsp3) is 0.538. The van der Waals surface area contributed by atoms with Crippen molar-refractivity contribution in [3.05, 3.63) is 22.1 Å². The minimum Gasteiger partial charge on any atom is -0.394 e. The molecule has 120 valence electrons. The van der Waals surface area contributed by atoms with Crippen molar-refractivity contribution >= 4 is 17.0 Å². The average molecular weight is 310 g/mol. The Labute approximate surface area is 125 Å². The predicted molar refractivity (Wildman–Crippen MR) is 77.2 cm³/mol. The van der Waals surface area contributed by atoms with E-state index in [1.165, 1.54) is 4.57 Å². The van der Waals surface area contributed by atoms with Gasteiger partial charge in [-0.05, 0) is 12.0 Å². The van der Waals surface area contributed by atoms with Crippen LogP contribution in [0.3, 0.4) is 0 Å². The number of rotatable bonds is 3. The minimum absolute atomic E-state index is 0.0498. The molecule has 1 aliphatic heterocycles. The number of anilines is 1. The van der Waals surface area contributed by atoms with Crippen LogP contribution in [-0.2, 0) is 11.2 Å². The third kappa shape index (κ3) is 2.10. The van der Waals surface area contributed by atoms with Crippen molar-refractivity contribution in [2.24, 2.45) is 0 Å². The summed E-state index contributed by atoms with van der Waals surface area (Å²) in [6.45, 7) is 1.46. The number of nitrogens with two attached hydrogens (primary N) is 1. The summed E-state index contributed by atoms with van der Waals surface area (Å²) in [6.07, 6.45) is -2.11. The summed E-state index contributed by atoms with van der Waals surface area (Å²) in [6, 6.07) is 0. The predicted octanol–water partition coefficient (Wildman–Crippen LogP) is -1.52. The molecular formula is C13H18N4O5. The molecule has 0 bridgehead atoms. The summed E-state index contributed by atoms with van der Waals surface area (Å²) >= 11 is 0. The number of aryl methyl sites for hydroxylation is 1. The lowest BCUT2D eigenvalue weighted by molar-refractivity contribution is -0.0509. The van der Waals surface area contributed by atoms with Crippen LogP contribution in [0.1, 0.15) is 18.7 Å². The first-order valence-electron chi connectivity index (χ1n) is 6.99. The highest BCUT2D eigenvalue weighted by Crippen LogP contribution is 2.32. The average Bonchev–Trinajstić information content (AvgIpc) is 2.98. The second-order valence-corrected chi connectivity index (χ2v) is 5.29. The van der Waals surface area contributed by atoms with Gasteiger partial charge in [-0.3, -0.25) is 9.78 Å². The summed E-state index contributed by atoms with van der Waals surface area (Å²) in [7, 11) is 0. The van der Waals surface area contributed by atoms with Crippen LogP contribution in [0.15, 0.2) is 11.0 Å². The molecule has 0 amide bonds. The first kappa shape index (κ1) is 15.0. The van der Waals surface area contributed by atoms with Gasteiger partial charge in [0.2, 0.25) is 5.95 Å². The van der Waals surface area contributed by atoms with E-state index in [4.69, 9.17) is 10.5 Å². The van der Waals surface area contributed by atoms with Crippen molar-refractivity contribution in [1.82, 2.24) is 14.5 Å². The third-order valence-corrected chi connectivity index (χ3v) is 3.95. The van der Waals surface area contributed by atoms with E-state index in [0.717, 1.165) is 5.56 Å². The first-order valence-corrected chi connectivity index (χ1v) is 6.99. The second-order valence-electron chi connectivity index (χ2n) is 5.29. The third-order valence-electron chi connectivity index (χ3n) is 3.95. The summed E-state index contributed by atoms with van der Waals surface area (Å²) in [5.74, 6) is -0.0498. The molecule has 1 saturated heterocycles. The Kier molecular flexibility index (Phi) is 3.65. The van der Waals surface area contributed by atoms with Crippen LogP contribution in [0.2, 0.25) is 0 Å². The maximum atomic E-state index is 12.1. The highest BCUT2D eigenvalue weighted by molar-refractivity contribution is 5.80. The molecule has 0 saturated carbocycles. The molecule has 3 heterocycles. The van der Waals surface area contributed by atoms with Crippen molar-refractivity contribution in [3.8, 4) is 0 Å². The van der Waals surface area contributed by atoms with Crippen molar-refractivity contribution in [2.75, 3.05) is 12.3 Å². The number of hydrogen-bond acceptors (Lipinski definition) is 7. The normalized spacial score (nSPS) is 28.5. The SMILES string of the molecule is CCc1cn([C@@H]2O[C@H](CO)C(O)C2O)c2nc(N)[nH]c(=O)c12. The van der Waals surface area contributed by atoms with E-state index in [-0.39, 0.29) is 17.2 Å². The molecule has 0 radical (unpaired) electrons. The number of aliphatic hydroxyl groups is 3. The van der Waals surface area contributed by atoms with Gasteiger partial charge in [-0.1, -0.05) is 6.92 Å². The zero-order valence-electron chi connectivity index (χ0n) is 11.9. The van der Waals surface area contributed by atoms with Gasteiger partial charge in [0.1, 0.15) is 18.3 Å². The van der Waals surface area contributed by atoms with E-state index in [0.29, 0.717) is 11.8 Å². The monoisotopic (exact) mass is 310 g/mol. The Morgan fingerprint density at radius 1 is 1.45 bits per heavy atom. The zero-order valence-corrected chi connectivity index (χ0v) is 11.9. The smallest absolute Gasteiger partial charge is 0.262 e. The lowest BCUT2D eigenvalue weighted by atomic mass is 10.1. The lowest BCUT2D eigenvalue weighted by Gasteiger charge is -2.17. The summed E-state index contributed by atoms with van der Waals surface area (Å²) in [5, 5.41) is 29.6. The van der Waals surface area contributed by atoms with E-state index >= 15 is 0 Å². The zero-order chi connectivity index (χ0) is 16.0. The van der Waals surface area contributed by atoms with E-state index in [9.17, 15) is 20.1 Å². The maximum Gasteiger partial charge on any atom is 0.262 e. The van der Waals surface area contributed by atoms with Gasteiger partial charge >= 0.3 is 0 Å². The van der Waals surface area contributed by atoms with Gasteiger partial charge in [0.15, 0.2) is 11.9 Å². The van der Waals surface area contributed by atoms with Crippen LogP contribution < -0.4 is 11.3 Å². The largest absolute Gasteiger partial charge is 0.394 e. The van der Waals surface area contributed by atoms with Gasteiger partial charge in [-0.2, -0.15) is 4.98 Å². The molecule has 0 aliphatic carbocycles. The number of nitrogens with zero attached hydrogens (tertiary/aromatic N) is 2. The number of aromatic amines is 1. The van der Waals surface area contributed by atoms with Crippen molar-refractivity contribution in [1.29, 1.82) is 0 Å². The number of nitrogen functional groups attached to an aromatic ring is 1. The molecule has 0 aromatic carbocycles. The summed E-state index contributed by atoms with van der Waals surface area (Å²) < 4.78 is 6.96. The van der Waals surface area contributed by atoms with E-state index in [2.05, 4.69) is 9.97 Å². The number of hydrogen-bond donors (Lipinski definition) is 5. The Balaban J connectivity index is 2.18. The molecule has 1 fully saturated rings. The molecule has 9 heteroatoms. The Morgan fingerprint density at radius 2 is 2.18 bits per heavy atom. The van der Waals surface area contributed by atoms with Crippen LogP contribution in [0.4, 0.5) is 5.95 Å². The van der Waals surface area contributed by atoms with Crippen molar-refractivity contribution in [2.45, 2.75) is 37.9 Å². The molecule has 2 aromatic heterocycles. The number of H-pyrrole nitrogens is 1. The van der Waals surface area contributed by atoms with Crippen LogP contribution >= 0.6 is 0 Å². The topological polar surface area (TPSA) is 147 Å². The van der Waals surface area contributed by atoms with Crippen LogP contribution in [0.5, 0.6) is 0 Å². The molecule has 3 rings (SSSR count). The number of aliphatic hydroxyl groups excluding tert-OH is 3. The quantitative estimate of drug-likeness (QED) is 0.462. The maximum absolute atomic E-state index is 12.1. The molecule has 2 aromatic rings. The molecule has 1 aliphatic rings. The molecule has 4 atom stereocenters. The number of nitrogens with one attached hydrogen (secondary N) is 1. The van der Waals surface area contributed by atoms with E-state index in [1.807, 2.05) is 6.92 Å². The van der Waals surface area contributed by atoms with Crippen LogP contribution in [0, 0.1) is 0 Å². The Morgan fingerprint density at radius 3 is 2.77 bits per heavy atom. The molecule has 9 nitrogen and oxygen atoms in total. The summed E-state index contributed by atoms with van der Waals surface area (Å²) in [4.78, 5) is 18.6. The first-order chi connectivity index (χ1) is 10.5. The number of ether oxygens (including phenoxy) is 1. The van der Waals surface area contributed by atoms with Gasteiger partial charge < -0.3 is 30.4 Å².